The van der Waals surface area contributed by atoms with E-state index in [0.717, 1.165) is 18.5 Å². The molecule has 0 aliphatic carbocycles. The summed E-state index contributed by atoms with van der Waals surface area (Å²) in [7, 11) is -3.21. The lowest BCUT2D eigenvalue weighted by Crippen LogP contribution is -2.41. The molecule has 0 spiro atoms. The first-order valence-corrected chi connectivity index (χ1v) is 7.84. The van der Waals surface area contributed by atoms with E-state index in [2.05, 4.69) is 4.98 Å². The molecule has 1 aromatic rings. The van der Waals surface area contributed by atoms with Crippen LogP contribution in [-0.2, 0) is 16.4 Å². The molecule has 0 bridgehead atoms. The molecule has 1 unspecified atom stereocenters. The first kappa shape index (κ1) is 13.5. The number of hydrogen-bond donors (Lipinski definition) is 1. The Labute approximate surface area is 108 Å². The summed E-state index contributed by atoms with van der Waals surface area (Å²) in [6, 6.07) is 5.52. The standard InChI is InChI=1S/C12H19N3O2S/c13-10-12-5-3-8-15(12)18(16,17)9-6-11-4-1-2-7-14-11/h1-2,4,7,12H,3,5-6,8-10,13H2. The number of aromatic nitrogens is 1. The first-order valence-electron chi connectivity index (χ1n) is 6.23. The fraction of sp³-hybridized carbons (Fsp3) is 0.583. The molecule has 5 nitrogen and oxygen atoms in total. The van der Waals surface area contributed by atoms with Crippen LogP contribution in [0.5, 0.6) is 0 Å². The fourth-order valence-electron chi connectivity index (χ4n) is 2.31. The Morgan fingerprint density at radius 1 is 1.44 bits per heavy atom. The van der Waals surface area contributed by atoms with Gasteiger partial charge in [0, 0.05) is 37.4 Å². The molecular weight excluding hydrogens is 250 g/mol. The van der Waals surface area contributed by atoms with Crippen molar-refractivity contribution in [2.75, 3.05) is 18.8 Å². The van der Waals surface area contributed by atoms with E-state index in [1.54, 1.807) is 10.5 Å². The Bertz CT molecular complexity index is 475. The third kappa shape index (κ3) is 3.07. The van der Waals surface area contributed by atoms with Crippen LogP contribution in [0.2, 0.25) is 0 Å². The van der Waals surface area contributed by atoms with Crippen molar-refractivity contribution in [3.05, 3.63) is 30.1 Å². The molecule has 0 aromatic carbocycles. The molecule has 2 rings (SSSR count). The summed E-state index contributed by atoms with van der Waals surface area (Å²) in [5.41, 5.74) is 6.42. The Balaban J connectivity index is 1.99. The van der Waals surface area contributed by atoms with Crippen molar-refractivity contribution >= 4 is 10.0 Å². The smallest absolute Gasteiger partial charge is 0.214 e. The number of hydrogen-bond acceptors (Lipinski definition) is 4. The lowest BCUT2D eigenvalue weighted by Gasteiger charge is -2.22. The average Bonchev–Trinajstić information content (AvgIpc) is 2.87. The zero-order chi connectivity index (χ0) is 13.0. The summed E-state index contributed by atoms with van der Waals surface area (Å²) < 4.78 is 26.0. The van der Waals surface area contributed by atoms with E-state index in [4.69, 9.17) is 5.73 Å². The molecule has 2 heterocycles. The number of rotatable bonds is 5. The summed E-state index contributed by atoms with van der Waals surface area (Å²) in [6.45, 7) is 1.01. The van der Waals surface area contributed by atoms with E-state index in [1.807, 2.05) is 18.2 Å². The minimum Gasteiger partial charge on any atom is -0.329 e. The summed E-state index contributed by atoms with van der Waals surface area (Å²) in [4.78, 5) is 4.14. The van der Waals surface area contributed by atoms with E-state index >= 15 is 0 Å². The van der Waals surface area contributed by atoms with Gasteiger partial charge in [0.2, 0.25) is 10.0 Å². The first-order chi connectivity index (χ1) is 8.63. The fourth-order valence-corrected chi connectivity index (χ4v) is 4.06. The van der Waals surface area contributed by atoms with Gasteiger partial charge in [0.15, 0.2) is 0 Å². The van der Waals surface area contributed by atoms with Crippen LogP contribution in [0.3, 0.4) is 0 Å². The van der Waals surface area contributed by atoms with Gasteiger partial charge < -0.3 is 5.73 Å². The molecule has 100 valence electrons. The number of aryl methyl sites for hydroxylation is 1. The summed E-state index contributed by atoms with van der Waals surface area (Å²) in [5.74, 6) is 0.112. The second kappa shape index (κ2) is 5.77. The predicted octanol–water partition coefficient (Wildman–Crippen LogP) is 0.377. The maximum absolute atomic E-state index is 12.2. The monoisotopic (exact) mass is 269 g/mol. The van der Waals surface area contributed by atoms with Gasteiger partial charge in [-0.3, -0.25) is 4.98 Å². The van der Waals surface area contributed by atoms with Crippen molar-refractivity contribution in [3.63, 3.8) is 0 Å². The highest BCUT2D eigenvalue weighted by atomic mass is 32.2. The molecule has 1 atom stereocenters. The second-order valence-electron chi connectivity index (χ2n) is 4.53. The minimum atomic E-state index is -3.21. The molecule has 0 radical (unpaired) electrons. The molecule has 1 aliphatic heterocycles. The number of pyridine rings is 1. The van der Waals surface area contributed by atoms with Gasteiger partial charge in [-0.25, -0.2) is 8.42 Å². The highest BCUT2D eigenvalue weighted by Gasteiger charge is 2.32. The van der Waals surface area contributed by atoms with Crippen molar-refractivity contribution < 1.29 is 8.42 Å². The molecule has 6 heteroatoms. The third-order valence-corrected chi connectivity index (χ3v) is 5.21. The molecule has 2 N–H and O–H groups in total. The normalized spacial score (nSPS) is 21.3. The summed E-state index contributed by atoms with van der Waals surface area (Å²) in [5, 5.41) is 0. The Kier molecular flexibility index (Phi) is 4.31. The topological polar surface area (TPSA) is 76.3 Å². The van der Waals surface area contributed by atoms with Crippen molar-refractivity contribution in [1.82, 2.24) is 9.29 Å². The molecule has 1 fully saturated rings. The molecular formula is C12H19N3O2S. The third-order valence-electron chi connectivity index (χ3n) is 3.29. The van der Waals surface area contributed by atoms with Crippen LogP contribution >= 0.6 is 0 Å². The van der Waals surface area contributed by atoms with E-state index in [9.17, 15) is 8.42 Å². The van der Waals surface area contributed by atoms with Gasteiger partial charge in [0.1, 0.15) is 0 Å². The largest absolute Gasteiger partial charge is 0.329 e. The van der Waals surface area contributed by atoms with Gasteiger partial charge in [-0.15, -0.1) is 0 Å². The number of nitrogens with zero attached hydrogens (tertiary/aromatic N) is 2. The number of nitrogens with two attached hydrogens (primary N) is 1. The van der Waals surface area contributed by atoms with Crippen molar-refractivity contribution in [2.45, 2.75) is 25.3 Å². The molecule has 0 saturated carbocycles. The lowest BCUT2D eigenvalue weighted by atomic mass is 10.2. The highest BCUT2D eigenvalue weighted by molar-refractivity contribution is 7.89. The Morgan fingerprint density at radius 2 is 2.28 bits per heavy atom. The summed E-state index contributed by atoms with van der Waals surface area (Å²) in [6.07, 6.45) is 3.92. The van der Waals surface area contributed by atoms with Gasteiger partial charge in [-0.05, 0) is 25.0 Å². The van der Waals surface area contributed by atoms with Gasteiger partial charge in [0.05, 0.1) is 5.75 Å². The predicted molar refractivity (Wildman–Crippen MR) is 70.5 cm³/mol. The van der Waals surface area contributed by atoms with Gasteiger partial charge >= 0.3 is 0 Å². The van der Waals surface area contributed by atoms with Gasteiger partial charge in [-0.1, -0.05) is 6.07 Å². The van der Waals surface area contributed by atoms with Crippen molar-refractivity contribution in [1.29, 1.82) is 0 Å². The van der Waals surface area contributed by atoms with Crippen LogP contribution in [0, 0.1) is 0 Å². The van der Waals surface area contributed by atoms with Crippen LogP contribution in [0.1, 0.15) is 18.5 Å². The van der Waals surface area contributed by atoms with Crippen LogP contribution in [0.25, 0.3) is 0 Å². The zero-order valence-corrected chi connectivity index (χ0v) is 11.1. The van der Waals surface area contributed by atoms with Crippen molar-refractivity contribution in [2.24, 2.45) is 5.73 Å². The SMILES string of the molecule is NCC1CCCN1S(=O)(=O)CCc1ccccn1. The lowest BCUT2D eigenvalue weighted by molar-refractivity contribution is 0.393. The molecule has 18 heavy (non-hydrogen) atoms. The van der Waals surface area contributed by atoms with E-state index < -0.39 is 10.0 Å². The molecule has 0 amide bonds. The molecule has 1 aliphatic rings. The van der Waals surface area contributed by atoms with Crippen LogP contribution in [0.15, 0.2) is 24.4 Å². The Hall–Kier alpha value is -0.980. The van der Waals surface area contributed by atoms with Gasteiger partial charge in [-0.2, -0.15) is 4.31 Å². The van der Waals surface area contributed by atoms with Crippen LogP contribution in [0.4, 0.5) is 0 Å². The molecule has 1 saturated heterocycles. The maximum atomic E-state index is 12.2. The van der Waals surface area contributed by atoms with E-state index in [0.29, 0.717) is 19.5 Å². The average molecular weight is 269 g/mol. The van der Waals surface area contributed by atoms with Gasteiger partial charge in [0.25, 0.3) is 0 Å². The quantitative estimate of drug-likeness (QED) is 0.838. The number of sulfonamides is 1. The van der Waals surface area contributed by atoms with E-state index in [1.165, 1.54) is 0 Å². The minimum absolute atomic E-state index is 0.0151. The summed E-state index contributed by atoms with van der Waals surface area (Å²) >= 11 is 0. The highest BCUT2D eigenvalue weighted by Crippen LogP contribution is 2.20. The zero-order valence-electron chi connectivity index (χ0n) is 10.3. The Morgan fingerprint density at radius 3 is 2.94 bits per heavy atom. The van der Waals surface area contributed by atoms with Crippen LogP contribution < -0.4 is 5.73 Å². The maximum Gasteiger partial charge on any atom is 0.214 e. The second-order valence-corrected chi connectivity index (χ2v) is 6.57. The molecule has 1 aromatic heterocycles. The van der Waals surface area contributed by atoms with E-state index in [-0.39, 0.29) is 11.8 Å². The van der Waals surface area contributed by atoms with Crippen molar-refractivity contribution in [3.8, 4) is 0 Å². The van der Waals surface area contributed by atoms with Crippen LogP contribution in [-0.4, -0.2) is 42.6 Å².